The first kappa shape index (κ1) is 17.5. The van der Waals surface area contributed by atoms with Gasteiger partial charge in [-0.1, -0.05) is 24.3 Å². The summed E-state index contributed by atoms with van der Waals surface area (Å²) >= 11 is 0. The number of carbonyl (C=O) groups is 2. The molecule has 0 fully saturated rings. The van der Waals surface area contributed by atoms with Crippen molar-refractivity contribution in [3.8, 4) is 5.75 Å². The van der Waals surface area contributed by atoms with Crippen molar-refractivity contribution in [1.29, 1.82) is 0 Å². The maximum Gasteiger partial charge on any atom is 0.342 e. The maximum absolute atomic E-state index is 12.3. The summed E-state index contributed by atoms with van der Waals surface area (Å²) in [5.41, 5.74) is 2.00. The average Bonchev–Trinajstić information content (AvgIpc) is 2.55. The standard InChI is InChI=1S/C19H21NO4/c1-4-23-17-11-6-5-10-16(17)19(22)24-14(3)18(21)20-15-9-7-8-13(2)12-15/h5-12,14H,4H2,1-3H3,(H,20,21)/t14-/m0/s1. The minimum Gasteiger partial charge on any atom is -0.493 e. The van der Waals surface area contributed by atoms with Gasteiger partial charge in [0, 0.05) is 5.69 Å². The summed E-state index contributed by atoms with van der Waals surface area (Å²) in [6.07, 6.45) is -0.923. The summed E-state index contributed by atoms with van der Waals surface area (Å²) in [6, 6.07) is 14.2. The van der Waals surface area contributed by atoms with Crippen LogP contribution in [0.15, 0.2) is 48.5 Å². The third-order valence-electron chi connectivity index (χ3n) is 3.35. The second kappa shape index (κ2) is 8.15. The SMILES string of the molecule is CCOc1ccccc1C(=O)O[C@@H](C)C(=O)Nc1cccc(C)c1. The van der Waals surface area contributed by atoms with Gasteiger partial charge >= 0.3 is 5.97 Å². The summed E-state index contributed by atoms with van der Waals surface area (Å²) in [6.45, 7) is 5.74. The molecule has 24 heavy (non-hydrogen) atoms. The second-order valence-electron chi connectivity index (χ2n) is 5.34. The molecule has 5 nitrogen and oxygen atoms in total. The molecule has 0 aliphatic heterocycles. The van der Waals surface area contributed by atoms with Crippen molar-refractivity contribution in [3.05, 3.63) is 59.7 Å². The topological polar surface area (TPSA) is 64.6 Å². The van der Waals surface area contributed by atoms with Gasteiger partial charge in [0.2, 0.25) is 0 Å². The quantitative estimate of drug-likeness (QED) is 0.824. The van der Waals surface area contributed by atoms with Crippen LogP contribution in [0.4, 0.5) is 5.69 Å². The number of ether oxygens (including phenoxy) is 2. The van der Waals surface area contributed by atoms with Crippen LogP contribution in [-0.4, -0.2) is 24.6 Å². The minimum absolute atomic E-state index is 0.301. The summed E-state index contributed by atoms with van der Waals surface area (Å²) in [5, 5.41) is 2.73. The van der Waals surface area contributed by atoms with E-state index in [1.807, 2.05) is 32.0 Å². The summed E-state index contributed by atoms with van der Waals surface area (Å²) < 4.78 is 10.7. The Morgan fingerprint density at radius 1 is 1.12 bits per heavy atom. The molecule has 2 rings (SSSR count). The first-order chi connectivity index (χ1) is 11.5. The van der Waals surface area contributed by atoms with E-state index in [-0.39, 0.29) is 5.91 Å². The predicted molar refractivity (Wildman–Crippen MR) is 92.3 cm³/mol. The number of rotatable bonds is 6. The number of hydrogen-bond donors (Lipinski definition) is 1. The van der Waals surface area contributed by atoms with Gasteiger partial charge in [-0.2, -0.15) is 0 Å². The number of carbonyl (C=O) groups excluding carboxylic acids is 2. The molecule has 0 heterocycles. The van der Waals surface area contributed by atoms with E-state index in [4.69, 9.17) is 9.47 Å². The number of para-hydroxylation sites is 1. The number of esters is 1. The zero-order valence-electron chi connectivity index (χ0n) is 14.0. The molecule has 1 N–H and O–H groups in total. The van der Waals surface area contributed by atoms with Gasteiger partial charge in [0.1, 0.15) is 11.3 Å². The van der Waals surface area contributed by atoms with Crippen LogP contribution in [0.2, 0.25) is 0 Å². The van der Waals surface area contributed by atoms with Crippen LogP contribution < -0.4 is 10.1 Å². The van der Waals surface area contributed by atoms with Crippen LogP contribution in [0.3, 0.4) is 0 Å². The summed E-state index contributed by atoms with van der Waals surface area (Å²) in [4.78, 5) is 24.5. The van der Waals surface area contributed by atoms with Crippen LogP contribution >= 0.6 is 0 Å². The van der Waals surface area contributed by atoms with Crippen molar-refractivity contribution in [3.63, 3.8) is 0 Å². The first-order valence-corrected chi connectivity index (χ1v) is 7.81. The van der Waals surface area contributed by atoms with Gasteiger partial charge in [0.15, 0.2) is 6.10 Å². The van der Waals surface area contributed by atoms with E-state index < -0.39 is 12.1 Å². The van der Waals surface area contributed by atoms with Crippen molar-refractivity contribution in [2.45, 2.75) is 26.9 Å². The van der Waals surface area contributed by atoms with Crippen molar-refractivity contribution in [2.24, 2.45) is 0 Å². The van der Waals surface area contributed by atoms with Gasteiger partial charge in [-0.15, -0.1) is 0 Å². The largest absolute Gasteiger partial charge is 0.493 e. The van der Waals surface area contributed by atoms with Crippen molar-refractivity contribution in [1.82, 2.24) is 0 Å². The predicted octanol–water partition coefficient (Wildman–Crippen LogP) is 3.58. The third kappa shape index (κ3) is 4.59. The van der Waals surface area contributed by atoms with Crippen molar-refractivity contribution < 1.29 is 19.1 Å². The van der Waals surface area contributed by atoms with E-state index in [0.29, 0.717) is 23.6 Å². The van der Waals surface area contributed by atoms with Gasteiger partial charge in [-0.3, -0.25) is 4.79 Å². The van der Waals surface area contributed by atoms with E-state index in [1.54, 1.807) is 30.3 Å². The lowest BCUT2D eigenvalue weighted by Crippen LogP contribution is -2.30. The zero-order chi connectivity index (χ0) is 17.5. The molecule has 0 radical (unpaired) electrons. The molecule has 2 aromatic rings. The van der Waals surface area contributed by atoms with Crippen LogP contribution in [-0.2, 0) is 9.53 Å². The molecule has 2 aromatic carbocycles. The highest BCUT2D eigenvalue weighted by Crippen LogP contribution is 2.20. The Morgan fingerprint density at radius 2 is 1.88 bits per heavy atom. The molecule has 0 saturated heterocycles. The number of aryl methyl sites for hydroxylation is 1. The van der Waals surface area contributed by atoms with E-state index in [9.17, 15) is 9.59 Å². The normalized spacial score (nSPS) is 11.5. The fraction of sp³-hybridized carbons (Fsp3) is 0.263. The lowest BCUT2D eigenvalue weighted by molar-refractivity contribution is -0.123. The molecule has 0 aliphatic carbocycles. The molecule has 126 valence electrons. The molecular weight excluding hydrogens is 306 g/mol. The lowest BCUT2D eigenvalue weighted by atomic mass is 10.2. The number of nitrogens with one attached hydrogen (secondary N) is 1. The lowest BCUT2D eigenvalue weighted by Gasteiger charge is -2.15. The van der Waals surface area contributed by atoms with Gasteiger partial charge in [0.05, 0.1) is 6.61 Å². The summed E-state index contributed by atoms with van der Waals surface area (Å²) in [5.74, 6) is -0.537. The number of anilines is 1. The molecule has 0 bridgehead atoms. The first-order valence-electron chi connectivity index (χ1n) is 7.81. The van der Waals surface area contributed by atoms with Crippen LogP contribution in [0, 0.1) is 6.92 Å². The molecular formula is C19H21NO4. The Morgan fingerprint density at radius 3 is 2.58 bits per heavy atom. The molecule has 0 aliphatic rings. The van der Waals surface area contributed by atoms with Crippen LogP contribution in [0.25, 0.3) is 0 Å². The van der Waals surface area contributed by atoms with E-state index >= 15 is 0 Å². The van der Waals surface area contributed by atoms with Gasteiger partial charge < -0.3 is 14.8 Å². The minimum atomic E-state index is -0.923. The molecule has 0 spiro atoms. The maximum atomic E-state index is 12.3. The highest BCUT2D eigenvalue weighted by molar-refractivity contribution is 5.98. The molecule has 5 heteroatoms. The summed E-state index contributed by atoms with van der Waals surface area (Å²) in [7, 11) is 0. The van der Waals surface area contributed by atoms with Crippen molar-refractivity contribution >= 4 is 17.6 Å². The Kier molecular flexibility index (Phi) is 5.95. The molecule has 0 aromatic heterocycles. The Balaban J connectivity index is 2.02. The highest BCUT2D eigenvalue weighted by Gasteiger charge is 2.21. The van der Waals surface area contributed by atoms with Gasteiger partial charge in [0.25, 0.3) is 5.91 Å². The highest BCUT2D eigenvalue weighted by atomic mass is 16.5. The number of benzene rings is 2. The Labute approximate surface area is 141 Å². The fourth-order valence-electron chi connectivity index (χ4n) is 2.16. The Bertz CT molecular complexity index is 727. The third-order valence-corrected chi connectivity index (χ3v) is 3.35. The van der Waals surface area contributed by atoms with Crippen LogP contribution in [0.1, 0.15) is 29.8 Å². The number of amides is 1. The number of hydrogen-bond acceptors (Lipinski definition) is 4. The van der Waals surface area contributed by atoms with Gasteiger partial charge in [-0.05, 0) is 50.6 Å². The van der Waals surface area contributed by atoms with Crippen molar-refractivity contribution in [2.75, 3.05) is 11.9 Å². The molecule has 0 saturated carbocycles. The molecule has 0 unspecified atom stereocenters. The second-order valence-corrected chi connectivity index (χ2v) is 5.34. The van der Waals surface area contributed by atoms with Crippen LogP contribution in [0.5, 0.6) is 5.75 Å². The Hall–Kier alpha value is -2.82. The van der Waals surface area contributed by atoms with E-state index in [2.05, 4.69) is 5.32 Å². The zero-order valence-corrected chi connectivity index (χ0v) is 14.0. The monoisotopic (exact) mass is 327 g/mol. The van der Waals surface area contributed by atoms with E-state index in [0.717, 1.165) is 5.56 Å². The smallest absolute Gasteiger partial charge is 0.342 e. The van der Waals surface area contributed by atoms with E-state index in [1.165, 1.54) is 6.92 Å². The fourth-order valence-corrected chi connectivity index (χ4v) is 2.16. The molecule has 1 atom stereocenters. The molecule has 1 amide bonds. The average molecular weight is 327 g/mol. The van der Waals surface area contributed by atoms with Gasteiger partial charge in [-0.25, -0.2) is 4.79 Å².